The molecule has 0 atom stereocenters. The molecule has 7 nitrogen and oxygen atoms in total. The summed E-state index contributed by atoms with van der Waals surface area (Å²) < 4.78 is 0. The molecule has 0 radical (unpaired) electrons. The van der Waals surface area contributed by atoms with Gasteiger partial charge in [-0.15, -0.1) is 10.2 Å². The van der Waals surface area contributed by atoms with Crippen LogP contribution in [0.1, 0.15) is 15.4 Å². The highest BCUT2D eigenvalue weighted by Crippen LogP contribution is 2.26. The van der Waals surface area contributed by atoms with E-state index in [0.717, 1.165) is 11.1 Å². The average molecular weight is 464 g/mol. The number of urea groups is 1. The lowest BCUT2D eigenvalue weighted by molar-refractivity contribution is 0.102. The van der Waals surface area contributed by atoms with Crippen molar-refractivity contribution < 1.29 is 9.59 Å². The molecule has 0 spiro atoms. The standard InChI is InChI=1S/C23H18ClN5O2S/c1-14-6-10-16(11-7-14)25-20(30)22-29-28-21(32-22)15-8-12-17(13-9-15)26-23(31)27-19-5-3-2-4-18(19)24/h2-13H,1H3,(H,25,30)(H2,26,27,31). The maximum atomic E-state index is 12.4. The van der Waals surface area contributed by atoms with Crippen LogP contribution in [-0.2, 0) is 0 Å². The number of hydrogen-bond donors (Lipinski definition) is 3. The molecular formula is C23H18ClN5O2S. The number of hydrogen-bond acceptors (Lipinski definition) is 5. The predicted molar refractivity (Wildman–Crippen MR) is 129 cm³/mol. The number of aromatic nitrogens is 2. The van der Waals surface area contributed by atoms with Crippen molar-refractivity contribution in [2.75, 3.05) is 16.0 Å². The Balaban J connectivity index is 1.38. The number of halogens is 1. The zero-order valence-corrected chi connectivity index (χ0v) is 18.5. The van der Waals surface area contributed by atoms with Crippen LogP contribution in [-0.4, -0.2) is 22.1 Å². The van der Waals surface area contributed by atoms with E-state index in [9.17, 15) is 9.59 Å². The molecule has 0 fully saturated rings. The lowest BCUT2D eigenvalue weighted by Crippen LogP contribution is -2.19. The van der Waals surface area contributed by atoms with Gasteiger partial charge in [0, 0.05) is 16.9 Å². The minimum absolute atomic E-state index is 0.266. The quantitative estimate of drug-likeness (QED) is 0.335. The van der Waals surface area contributed by atoms with Crippen LogP contribution in [0.25, 0.3) is 10.6 Å². The molecule has 9 heteroatoms. The molecule has 1 aromatic heterocycles. The van der Waals surface area contributed by atoms with E-state index < -0.39 is 6.03 Å². The van der Waals surface area contributed by atoms with E-state index in [1.165, 1.54) is 11.3 Å². The monoisotopic (exact) mass is 463 g/mol. The molecule has 0 unspecified atom stereocenters. The van der Waals surface area contributed by atoms with Crippen molar-refractivity contribution in [3.05, 3.63) is 88.4 Å². The van der Waals surface area contributed by atoms with Gasteiger partial charge in [-0.1, -0.05) is 52.8 Å². The van der Waals surface area contributed by atoms with Crippen molar-refractivity contribution in [1.29, 1.82) is 0 Å². The van der Waals surface area contributed by atoms with Crippen LogP contribution in [0.2, 0.25) is 5.02 Å². The lowest BCUT2D eigenvalue weighted by Gasteiger charge is -2.09. The summed E-state index contributed by atoms with van der Waals surface area (Å²) in [6, 6.07) is 21.2. The fraction of sp³-hybridized carbons (Fsp3) is 0.0435. The fourth-order valence-electron chi connectivity index (χ4n) is 2.80. The summed E-state index contributed by atoms with van der Waals surface area (Å²) in [4.78, 5) is 24.6. The summed E-state index contributed by atoms with van der Waals surface area (Å²) >= 11 is 7.24. The van der Waals surface area contributed by atoms with Crippen molar-refractivity contribution in [1.82, 2.24) is 10.2 Å². The van der Waals surface area contributed by atoms with Gasteiger partial charge in [-0.05, 0) is 55.5 Å². The van der Waals surface area contributed by atoms with Gasteiger partial charge >= 0.3 is 6.03 Å². The molecule has 3 amide bonds. The van der Waals surface area contributed by atoms with E-state index in [0.29, 0.717) is 27.1 Å². The van der Waals surface area contributed by atoms with Gasteiger partial charge in [-0.3, -0.25) is 4.79 Å². The van der Waals surface area contributed by atoms with Gasteiger partial charge < -0.3 is 16.0 Å². The highest BCUT2D eigenvalue weighted by Gasteiger charge is 2.14. The molecule has 0 aliphatic carbocycles. The van der Waals surface area contributed by atoms with Gasteiger partial charge in [0.05, 0.1) is 10.7 Å². The summed E-state index contributed by atoms with van der Waals surface area (Å²) in [5, 5.41) is 17.7. The predicted octanol–water partition coefficient (Wildman–Crippen LogP) is 6.06. The number of benzene rings is 3. The molecule has 3 aromatic carbocycles. The van der Waals surface area contributed by atoms with E-state index in [1.54, 1.807) is 48.5 Å². The smallest absolute Gasteiger partial charge is 0.320 e. The first-order valence-corrected chi connectivity index (χ1v) is 10.8. The third kappa shape index (κ3) is 5.29. The van der Waals surface area contributed by atoms with Gasteiger partial charge in [0.25, 0.3) is 5.91 Å². The van der Waals surface area contributed by atoms with Gasteiger partial charge in [0.2, 0.25) is 5.01 Å². The molecule has 32 heavy (non-hydrogen) atoms. The van der Waals surface area contributed by atoms with Gasteiger partial charge in [-0.25, -0.2) is 4.79 Å². The number of nitrogens with zero attached hydrogens (tertiary/aromatic N) is 2. The Labute approximate surface area is 193 Å². The zero-order valence-electron chi connectivity index (χ0n) is 16.9. The van der Waals surface area contributed by atoms with Gasteiger partial charge in [-0.2, -0.15) is 0 Å². The molecule has 0 aliphatic rings. The Morgan fingerprint density at radius 2 is 1.47 bits per heavy atom. The van der Waals surface area contributed by atoms with Crippen LogP contribution in [0, 0.1) is 6.92 Å². The Morgan fingerprint density at radius 1 is 0.812 bits per heavy atom. The summed E-state index contributed by atoms with van der Waals surface area (Å²) in [6.07, 6.45) is 0. The average Bonchev–Trinajstić information content (AvgIpc) is 3.28. The summed E-state index contributed by atoms with van der Waals surface area (Å²) in [5.41, 5.74) is 3.71. The minimum atomic E-state index is -0.406. The zero-order chi connectivity index (χ0) is 22.5. The van der Waals surface area contributed by atoms with E-state index in [1.807, 2.05) is 31.2 Å². The molecule has 160 valence electrons. The lowest BCUT2D eigenvalue weighted by atomic mass is 10.2. The number of amides is 3. The van der Waals surface area contributed by atoms with Crippen molar-refractivity contribution >= 4 is 51.9 Å². The number of carbonyl (C=O) groups is 2. The van der Waals surface area contributed by atoms with Crippen molar-refractivity contribution in [3.63, 3.8) is 0 Å². The summed E-state index contributed by atoms with van der Waals surface area (Å²) in [6.45, 7) is 1.98. The SMILES string of the molecule is Cc1ccc(NC(=O)c2nnc(-c3ccc(NC(=O)Nc4ccccc4Cl)cc3)s2)cc1. The van der Waals surface area contributed by atoms with E-state index in [4.69, 9.17) is 11.6 Å². The molecule has 4 rings (SSSR count). The number of para-hydroxylation sites is 1. The van der Waals surface area contributed by atoms with Crippen molar-refractivity contribution in [2.45, 2.75) is 6.92 Å². The first-order chi connectivity index (χ1) is 15.5. The second-order valence-electron chi connectivity index (χ2n) is 6.87. The van der Waals surface area contributed by atoms with Crippen LogP contribution in [0.3, 0.4) is 0 Å². The van der Waals surface area contributed by atoms with Crippen molar-refractivity contribution in [2.24, 2.45) is 0 Å². The van der Waals surface area contributed by atoms with E-state index in [-0.39, 0.29) is 10.9 Å². The maximum Gasteiger partial charge on any atom is 0.323 e. The highest BCUT2D eigenvalue weighted by atomic mass is 35.5. The Morgan fingerprint density at radius 3 is 2.19 bits per heavy atom. The topological polar surface area (TPSA) is 96.0 Å². The normalized spacial score (nSPS) is 10.4. The molecule has 0 aliphatic heterocycles. The summed E-state index contributed by atoms with van der Waals surface area (Å²) in [5.74, 6) is -0.313. The van der Waals surface area contributed by atoms with Crippen LogP contribution in [0.4, 0.5) is 21.9 Å². The molecule has 1 heterocycles. The van der Waals surface area contributed by atoms with Crippen LogP contribution in [0.5, 0.6) is 0 Å². The minimum Gasteiger partial charge on any atom is -0.320 e. The Kier molecular flexibility index (Phi) is 6.44. The number of aryl methyl sites for hydroxylation is 1. The Hall–Kier alpha value is -3.75. The first kappa shape index (κ1) is 21.5. The third-order valence-electron chi connectivity index (χ3n) is 4.44. The molecule has 3 N–H and O–H groups in total. The number of anilines is 3. The van der Waals surface area contributed by atoms with Crippen LogP contribution in [0.15, 0.2) is 72.8 Å². The number of carbonyl (C=O) groups excluding carboxylic acids is 2. The van der Waals surface area contributed by atoms with E-state index in [2.05, 4.69) is 26.1 Å². The molecule has 0 bridgehead atoms. The fourth-order valence-corrected chi connectivity index (χ4v) is 3.72. The number of rotatable bonds is 5. The molecular weight excluding hydrogens is 446 g/mol. The van der Waals surface area contributed by atoms with Crippen molar-refractivity contribution in [3.8, 4) is 10.6 Å². The van der Waals surface area contributed by atoms with Crippen LogP contribution >= 0.6 is 22.9 Å². The second kappa shape index (κ2) is 9.59. The first-order valence-electron chi connectivity index (χ1n) is 9.62. The Bertz CT molecular complexity index is 1260. The highest BCUT2D eigenvalue weighted by molar-refractivity contribution is 7.16. The molecule has 0 saturated heterocycles. The largest absolute Gasteiger partial charge is 0.323 e. The third-order valence-corrected chi connectivity index (χ3v) is 5.74. The molecule has 4 aromatic rings. The van der Waals surface area contributed by atoms with Crippen LogP contribution < -0.4 is 16.0 Å². The number of nitrogens with one attached hydrogen (secondary N) is 3. The molecule has 0 saturated carbocycles. The van der Waals surface area contributed by atoms with Gasteiger partial charge in [0.15, 0.2) is 0 Å². The summed E-state index contributed by atoms with van der Waals surface area (Å²) in [7, 11) is 0. The van der Waals surface area contributed by atoms with Gasteiger partial charge in [0.1, 0.15) is 5.01 Å². The second-order valence-corrected chi connectivity index (χ2v) is 8.25. The van der Waals surface area contributed by atoms with E-state index >= 15 is 0 Å². The maximum absolute atomic E-state index is 12.4.